The minimum absolute atomic E-state index is 0.0325. The predicted molar refractivity (Wildman–Crippen MR) is 99.0 cm³/mol. The lowest BCUT2D eigenvalue weighted by molar-refractivity contribution is -0.140. The molecule has 1 aromatic carbocycles. The number of imidazole rings is 1. The van der Waals surface area contributed by atoms with Crippen LogP contribution < -0.4 is 5.32 Å². The number of benzene rings is 1. The summed E-state index contributed by atoms with van der Waals surface area (Å²) in [6, 6.07) is 5.55. The van der Waals surface area contributed by atoms with Gasteiger partial charge in [0, 0.05) is 25.2 Å². The molecule has 146 valence electrons. The lowest BCUT2D eigenvalue weighted by atomic mass is 10.0. The van der Waals surface area contributed by atoms with E-state index in [1.807, 2.05) is 13.0 Å². The fraction of sp³-hybridized carbons (Fsp3) is 0.250. The summed E-state index contributed by atoms with van der Waals surface area (Å²) >= 11 is 0. The molecule has 0 saturated heterocycles. The Morgan fingerprint density at radius 3 is 2.50 bits per heavy atom. The van der Waals surface area contributed by atoms with E-state index in [0.717, 1.165) is 17.7 Å². The Bertz CT molecular complexity index is 1050. The molecular formula is C20H19F2N3O3. The number of carbonyl (C=O) groups excluding carboxylic acids is 2. The molecule has 3 aromatic rings. The van der Waals surface area contributed by atoms with Gasteiger partial charge in [-0.25, -0.2) is 13.8 Å². The van der Waals surface area contributed by atoms with E-state index in [-0.39, 0.29) is 29.7 Å². The number of methoxy groups -OCH3 is 1. The molecule has 0 spiro atoms. The number of hydrogen-bond donors (Lipinski definition) is 1. The summed E-state index contributed by atoms with van der Waals surface area (Å²) < 4.78 is 35.9. The van der Waals surface area contributed by atoms with E-state index in [0.29, 0.717) is 11.3 Å². The van der Waals surface area contributed by atoms with Crippen molar-refractivity contribution in [1.82, 2.24) is 14.7 Å². The molecule has 2 aromatic heterocycles. The van der Waals surface area contributed by atoms with Gasteiger partial charge in [-0.05, 0) is 36.8 Å². The molecule has 0 unspecified atom stereocenters. The maximum absolute atomic E-state index is 14.8. The van der Waals surface area contributed by atoms with Gasteiger partial charge in [0.05, 0.1) is 30.5 Å². The number of amides is 1. The van der Waals surface area contributed by atoms with E-state index in [1.54, 1.807) is 16.7 Å². The number of carbonyl (C=O) groups is 2. The molecule has 0 aliphatic heterocycles. The molecule has 1 amide bonds. The lowest BCUT2D eigenvalue weighted by Gasteiger charge is -2.09. The van der Waals surface area contributed by atoms with E-state index in [2.05, 4.69) is 15.0 Å². The van der Waals surface area contributed by atoms with Crippen LogP contribution in [0.15, 0.2) is 30.5 Å². The van der Waals surface area contributed by atoms with E-state index in [1.165, 1.54) is 14.2 Å². The fourth-order valence-corrected chi connectivity index (χ4v) is 3.03. The number of nitrogens with one attached hydrogen (secondary N) is 1. The zero-order valence-corrected chi connectivity index (χ0v) is 15.7. The highest BCUT2D eigenvalue weighted by molar-refractivity contribution is 5.94. The van der Waals surface area contributed by atoms with Crippen LogP contribution in [0.5, 0.6) is 0 Å². The quantitative estimate of drug-likeness (QED) is 0.683. The highest BCUT2D eigenvalue weighted by Gasteiger charge is 2.23. The third kappa shape index (κ3) is 3.58. The van der Waals surface area contributed by atoms with E-state index in [9.17, 15) is 18.4 Å². The molecule has 0 aliphatic carbocycles. The molecule has 8 heteroatoms. The number of pyridine rings is 1. The van der Waals surface area contributed by atoms with Crippen molar-refractivity contribution in [3.05, 3.63) is 58.9 Å². The molecular weight excluding hydrogens is 368 g/mol. The normalized spacial score (nSPS) is 10.9. The van der Waals surface area contributed by atoms with Gasteiger partial charge in [-0.15, -0.1) is 0 Å². The SMILES string of the molecule is CNC(=O)c1cc(F)c(-c2nc3cc(C)ccn3c2CCC(=O)OC)c(F)c1. The number of ether oxygens (including phenoxy) is 1. The molecule has 0 aliphatic rings. The van der Waals surface area contributed by atoms with Gasteiger partial charge in [0.1, 0.15) is 17.3 Å². The van der Waals surface area contributed by atoms with Gasteiger partial charge in [-0.2, -0.15) is 0 Å². The average molecular weight is 387 g/mol. The van der Waals surface area contributed by atoms with Gasteiger partial charge in [0.15, 0.2) is 0 Å². The summed E-state index contributed by atoms with van der Waals surface area (Å²) in [4.78, 5) is 27.7. The smallest absolute Gasteiger partial charge is 0.305 e. The summed E-state index contributed by atoms with van der Waals surface area (Å²) in [5.74, 6) is -2.85. The van der Waals surface area contributed by atoms with Crippen molar-refractivity contribution < 1.29 is 23.1 Å². The highest BCUT2D eigenvalue weighted by atomic mass is 19.1. The van der Waals surface area contributed by atoms with Gasteiger partial charge in [-0.1, -0.05) is 0 Å². The van der Waals surface area contributed by atoms with E-state index < -0.39 is 23.5 Å². The van der Waals surface area contributed by atoms with Crippen LogP contribution in [0, 0.1) is 18.6 Å². The number of hydrogen-bond acceptors (Lipinski definition) is 4. The zero-order chi connectivity index (χ0) is 20.4. The molecule has 6 nitrogen and oxygen atoms in total. The zero-order valence-electron chi connectivity index (χ0n) is 15.7. The molecule has 0 bridgehead atoms. The van der Waals surface area contributed by atoms with Gasteiger partial charge in [-0.3, -0.25) is 9.59 Å². The van der Waals surface area contributed by atoms with Crippen LogP contribution in [0.2, 0.25) is 0 Å². The van der Waals surface area contributed by atoms with Crippen LogP contribution in [0.25, 0.3) is 16.9 Å². The van der Waals surface area contributed by atoms with Crippen LogP contribution in [-0.4, -0.2) is 35.4 Å². The average Bonchev–Trinajstić information content (AvgIpc) is 3.01. The lowest BCUT2D eigenvalue weighted by Crippen LogP contribution is -2.18. The first-order valence-corrected chi connectivity index (χ1v) is 8.61. The summed E-state index contributed by atoms with van der Waals surface area (Å²) in [5.41, 5.74) is 1.54. The van der Waals surface area contributed by atoms with Crippen molar-refractivity contribution in [3.8, 4) is 11.3 Å². The molecule has 2 heterocycles. The number of nitrogens with zero attached hydrogens (tertiary/aromatic N) is 2. The van der Waals surface area contributed by atoms with Gasteiger partial charge in [0.25, 0.3) is 5.91 Å². The van der Waals surface area contributed by atoms with Gasteiger partial charge in [0.2, 0.25) is 0 Å². The van der Waals surface area contributed by atoms with Crippen molar-refractivity contribution in [2.75, 3.05) is 14.2 Å². The Hall–Kier alpha value is -3.29. The van der Waals surface area contributed by atoms with Crippen molar-refractivity contribution in [2.45, 2.75) is 19.8 Å². The van der Waals surface area contributed by atoms with E-state index in [4.69, 9.17) is 0 Å². The summed E-state index contributed by atoms with van der Waals surface area (Å²) in [6.07, 6.45) is 1.95. The molecule has 3 rings (SSSR count). The Kier molecular flexibility index (Phi) is 5.39. The van der Waals surface area contributed by atoms with Crippen LogP contribution >= 0.6 is 0 Å². The third-order valence-corrected chi connectivity index (χ3v) is 4.44. The van der Waals surface area contributed by atoms with Crippen LogP contribution in [-0.2, 0) is 16.0 Å². The Morgan fingerprint density at radius 2 is 1.89 bits per heavy atom. The first-order chi connectivity index (χ1) is 13.3. The predicted octanol–water partition coefficient (Wildman–Crippen LogP) is 3.05. The second-order valence-electron chi connectivity index (χ2n) is 6.31. The number of halogens is 2. The second-order valence-corrected chi connectivity index (χ2v) is 6.31. The number of esters is 1. The number of aryl methyl sites for hydroxylation is 2. The van der Waals surface area contributed by atoms with Crippen molar-refractivity contribution in [1.29, 1.82) is 0 Å². The van der Waals surface area contributed by atoms with E-state index >= 15 is 0 Å². The maximum atomic E-state index is 14.8. The first kappa shape index (κ1) is 19.5. The van der Waals surface area contributed by atoms with Crippen molar-refractivity contribution >= 4 is 17.5 Å². The molecule has 0 atom stereocenters. The number of rotatable bonds is 5. The van der Waals surface area contributed by atoms with Crippen LogP contribution in [0.1, 0.15) is 28.0 Å². The molecule has 0 saturated carbocycles. The summed E-state index contributed by atoms with van der Waals surface area (Å²) in [6.45, 7) is 1.88. The number of fused-ring (bicyclic) bond motifs is 1. The Balaban J connectivity index is 2.19. The largest absolute Gasteiger partial charge is 0.469 e. The topological polar surface area (TPSA) is 72.7 Å². The minimum atomic E-state index is -0.905. The Morgan fingerprint density at radius 1 is 1.21 bits per heavy atom. The van der Waals surface area contributed by atoms with Crippen LogP contribution in [0.3, 0.4) is 0 Å². The minimum Gasteiger partial charge on any atom is -0.469 e. The highest BCUT2D eigenvalue weighted by Crippen LogP contribution is 2.31. The maximum Gasteiger partial charge on any atom is 0.305 e. The van der Waals surface area contributed by atoms with Crippen molar-refractivity contribution in [2.24, 2.45) is 0 Å². The standard InChI is InChI=1S/C20H19F2N3O3/c1-11-6-7-25-15(4-5-17(26)28-3)19(24-16(25)8-11)18-13(21)9-12(10-14(18)22)20(27)23-2/h6-10H,4-5H2,1-3H3,(H,23,27). The molecule has 0 fully saturated rings. The van der Waals surface area contributed by atoms with Crippen molar-refractivity contribution in [3.63, 3.8) is 0 Å². The number of aromatic nitrogens is 2. The van der Waals surface area contributed by atoms with Crippen LogP contribution in [0.4, 0.5) is 8.78 Å². The molecule has 0 radical (unpaired) electrons. The third-order valence-electron chi connectivity index (χ3n) is 4.44. The fourth-order valence-electron chi connectivity index (χ4n) is 3.03. The summed E-state index contributed by atoms with van der Waals surface area (Å²) in [7, 11) is 2.65. The molecule has 28 heavy (non-hydrogen) atoms. The molecule has 1 N–H and O–H groups in total. The first-order valence-electron chi connectivity index (χ1n) is 8.61. The second kappa shape index (κ2) is 7.75. The Labute approximate surface area is 160 Å². The summed E-state index contributed by atoms with van der Waals surface area (Å²) in [5, 5.41) is 2.33. The van der Waals surface area contributed by atoms with Gasteiger partial charge >= 0.3 is 5.97 Å². The van der Waals surface area contributed by atoms with Gasteiger partial charge < -0.3 is 14.5 Å². The monoisotopic (exact) mass is 387 g/mol.